The average molecular weight is 406 g/mol. The zero-order valence-corrected chi connectivity index (χ0v) is 16.0. The van der Waals surface area contributed by atoms with Gasteiger partial charge in [0, 0.05) is 18.7 Å². The molecule has 0 bridgehead atoms. The number of aryl methyl sites for hydroxylation is 1. The highest BCUT2D eigenvalue weighted by molar-refractivity contribution is 8.14. The lowest BCUT2D eigenvalue weighted by Crippen LogP contribution is -2.41. The van der Waals surface area contributed by atoms with E-state index in [1.165, 1.54) is 4.90 Å². The minimum atomic E-state index is -0.284. The fourth-order valence-corrected chi connectivity index (χ4v) is 4.47. The molecular weight excluding hydrogens is 390 g/mol. The molecule has 0 aliphatic carbocycles. The van der Waals surface area contributed by atoms with E-state index < -0.39 is 0 Å². The maximum atomic E-state index is 13.1. The van der Waals surface area contributed by atoms with E-state index in [0.717, 1.165) is 11.8 Å². The van der Waals surface area contributed by atoms with Crippen molar-refractivity contribution in [2.45, 2.75) is 19.4 Å². The molecule has 1 aromatic carbocycles. The predicted octanol–water partition coefficient (Wildman–Crippen LogP) is 3.21. The Morgan fingerprint density at radius 2 is 2.11 bits per heavy atom. The van der Waals surface area contributed by atoms with Crippen LogP contribution in [0.2, 0.25) is 5.02 Å². The van der Waals surface area contributed by atoms with Crippen LogP contribution in [-0.4, -0.2) is 56.9 Å². The summed E-state index contributed by atoms with van der Waals surface area (Å²) in [6.07, 6.45) is 0.565. The molecule has 1 aromatic heterocycles. The third kappa shape index (κ3) is 3.12. The van der Waals surface area contributed by atoms with Crippen molar-refractivity contribution in [1.82, 2.24) is 15.0 Å². The third-order valence-electron chi connectivity index (χ3n) is 4.81. The summed E-state index contributed by atoms with van der Waals surface area (Å²) in [7, 11) is 0. The molecule has 3 amide bonds. The number of thioether (sulfide) groups is 1. The average Bonchev–Trinajstić information content (AvgIpc) is 3.34. The zero-order valence-electron chi connectivity index (χ0n) is 14.5. The maximum absolute atomic E-state index is 13.1. The van der Waals surface area contributed by atoms with E-state index >= 15 is 0 Å². The second-order valence-corrected chi connectivity index (χ2v) is 7.79. The fourth-order valence-electron chi connectivity index (χ4n) is 3.47. The van der Waals surface area contributed by atoms with Crippen LogP contribution in [0.5, 0.6) is 0 Å². The van der Waals surface area contributed by atoms with Crippen LogP contribution in [0.15, 0.2) is 28.8 Å². The Labute approximate surface area is 164 Å². The molecule has 1 atom stereocenters. The quantitative estimate of drug-likeness (QED) is 0.779. The molecule has 27 heavy (non-hydrogen) atoms. The second-order valence-electron chi connectivity index (χ2n) is 6.45. The number of likely N-dealkylation sites (tertiary alicyclic amines) is 1. The maximum Gasteiger partial charge on any atom is 0.289 e. The number of carbonyl (C=O) groups is 3. The molecule has 2 fully saturated rings. The van der Waals surface area contributed by atoms with Gasteiger partial charge in [-0.15, -0.1) is 0 Å². The van der Waals surface area contributed by atoms with Gasteiger partial charge < -0.3 is 9.42 Å². The van der Waals surface area contributed by atoms with Gasteiger partial charge in [-0.1, -0.05) is 46.7 Å². The molecule has 0 N–H and O–H groups in total. The van der Waals surface area contributed by atoms with Crippen LogP contribution in [0.4, 0.5) is 4.79 Å². The number of hydrogen-bond acceptors (Lipinski definition) is 6. The second kappa shape index (κ2) is 7.01. The van der Waals surface area contributed by atoms with Gasteiger partial charge in [0.15, 0.2) is 0 Å². The molecule has 0 saturated carbocycles. The first-order valence-corrected chi connectivity index (χ1v) is 9.83. The first kappa shape index (κ1) is 18.1. The van der Waals surface area contributed by atoms with E-state index in [2.05, 4.69) is 5.16 Å². The number of aromatic nitrogens is 1. The topological polar surface area (TPSA) is 83.7 Å². The first-order valence-electron chi connectivity index (χ1n) is 8.46. The van der Waals surface area contributed by atoms with E-state index in [0.29, 0.717) is 47.1 Å². The van der Waals surface area contributed by atoms with Crippen molar-refractivity contribution in [3.63, 3.8) is 0 Å². The number of nitrogens with zero attached hydrogens (tertiary/aromatic N) is 3. The normalized spacial score (nSPS) is 20.0. The Morgan fingerprint density at radius 3 is 2.81 bits per heavy atom. The van der Waals surface area contributed by atoms with Gasteiger partial charge in [-0.2, -0.15) is 0 Å². The Balaban J connectivity index is 1.60. The first-order chi connectivity index (χ1) is 13.0. The Bertz CT molecular complexity index is 928. The number of carbonyl (C=O) groups excluding carboxylic acids is 3. The molecule has 2 aliphatic heterocycles. The van der Waals surface area contributed by atoms with Gasteiger partial charge >= 0.3 is 0 Å². The Hall–Kier alpha value is -2.32. The number of halogens is 1. The summed E-state index contributed by atoms with van der Waals surface area (Å²) in [6, 6.07) is 6.83. The lowest BCUT2D eigenvalue weighted by atomic mass is 10.1. The molecule has 1 unspecified atom stereocenters. The van der Waals surface area contributed by atoms with Gasteiger partial charge in [0.2, 0.25) is 5.91 Å². The molecule has 7 nitrogen and oxygen atoms in total. The highest BCUT2D eigenvalue weighted by Crippen LogP contribution is 2.33. The van der Waals surface area contributed by atoms with Gasteiger partial charge in [0.1, 0.15) is 17.0 Å². The number of benzene rings is 1. The monoisotopic (exact) mass is 405 g/mol. The molecule has 2 saturated heterocycles. The van der Waals surface area contributed by atoms with E-state index in [1.54, 1.807) is 30.0 Å². The third-order valence-corrected chi connectivity index (χ3v) is 5.97. The standard InChI is InChI=1S/C18H16ClN3O4S/c1-10-15(16(20-26-10)12-4-2-3-5-13(12)19)17(24)21-7-6-11(8-21)22-14(23)9-27-18(22)25/h2-5,11H,6-9H2,1H3. The minimum Gasteiger partial charge on any atom is -0.360 e. The summed E-state index contributed by atoms with van der Waals surface area (Å²) in [6.45, 7) is 2.44. The van der Waals surface area contributed by atoms with Crippen molar-refractivity contribution in [3.05, 3.63) is 40.6 Å². The van der Waals surface area contributed by atoms with Crippen molar-refractivity contribution < 1.29 is 18.9 Å². The molecule has 140 valence electrons. The SMILES string of the molecule is Cc1onc(-c2ccccc2Cl)c1C(=O)N1CCC(N2C(=O)CSC2=O)C1. The van der Waals surface area contributed by atoms with E-state index in [4.69, 9.17) is 16.1 Å². The number of imide groups is 1. The number of rotatable bonds is 3. The van der Waals surface area contributed by atoms with Crippen LogP contribution in [0.1, 0.15) is 22.5 Å². The zero-order chi connectivity index (χ0) is 19.1. The van der Waals surface area contributed by atoms with Crippen LogP contribution in [0.3, 0.4) is 0 Å². The van der Waals surface area contributed by atoms with E-state index in [9.17, 15) is 14.4 Å². The van der Waals surface area contributed by atoms with Crippen LogP contribution in [0.25, 0.3) is 11.3 Å². The largest absolute Gasteiger partial charge is 0.360 e. The van der Waals surface area contributed by atoms with Crippen molar-refractivity contribution in [2.75, 3.05) is 18.8 Å². The predicted molar refractivity (Wildman–Crippen MR) is 101 cm³/mol. The highest BCUT2D eigenvalue weighted by Gasteiger charge is 2.41. The van der Waals surface area contributed by atoms with Gasteiger partial charge in [0.25, 0.3) is 11.1 Å². The summed E-state index contributed by atoms with van der Waals surface area (Å²) in [5.41, 5.74) is 1.38. The Kier molecular flexibility index (Phi) is 4.69. The van der Waals surface area contributed by atoms with Crippen LogP contribution < -0.4 is 0 Å². The summed E-state index contributed by atoms with van der Waals surface area (Å²) >= 11 is 7.26. The van der Waals surface area contributed by atoms with Crippen molar-refractivity contribution in [2.24, 2.45) is 0 Å². The van der Waals surface area contributed by atoms with E-state index in [1.807, 2.05) is 6.07 Å². The minimum absolute atomic E-state index is 0.171. The fraction of sp³-hybridized carbons (Fsp3) is 0.333. The lowest BCUT2D eigenvalue weighted by molar-refractivity contribution is -0.126. The van der Waals surface area contributed by atoms with Gasteiger partial charge in [-0.05, 0) is 19.4 Å². The lowest BCUT2D eigenvalue weighted by Gasteiger charge is -2.22. The smallest absolute Gasteiger partial charge is 0.289 e. The van der Waals surface area contributed by atoms with Crippen molar-refractivity contribution >= 4 is 40.4 Å². The molecule has 9 heteroatoms. The summed E-state index contributed by atoms with van der Waals surface area (Å²) in [5, 5.41) is 4.27. The van der Waals surface area contributed by atoms with Gasteiger partial charge in [0.05, 0.1) is 16.8 Å². The van der Waals surface area contributed by atoms with Crippen molar-refractivity contribution in [1.29, 1.82) is 0 Å². The number of hydrogen-bond donors (Lipinski definition) is 0. The highest BCUT2D eigenvalue weighted by atomic mass is 35.5. The molecular formula is C18H16ClN3O4S. The van der Waals surface area contributed by atoms with Crippen LogP contribution >= 0.6 is 23.4 Å². The summed E-state index contributed by atoms with van der Waals surface area (Å²) in [4.78, 5) is 39.9. The number of amides is 3. The molecule has 2 aliphatic rings. The molecule has 0 spiro atoms. The molecule has 0 radical (unpaired) electrons. The molecule has 2 aromatic rings. The van der Waals surface area contributed by atoms with Gasteiger partial charge in [-0.3, -0.25) is 19.3 Å². The Morgan fingerprint density at radius 1 is 1.33 bits per heavy atom. The molecule has 4 rings (SSSR count). The molecule has 3 heterocycles. The van der Waals surface area contributed by atoms with E-state index in [-0.39, 0.29) is 28.8 Å². The summed E-state index contributed by atoms with van der Waals surface area (Å²) < 4.78 is 5.27. The van der Waals surface area contributed by atoms with Crippen molar-refractivity contribution in [3.8, 4) is 11.3 Å². The van der Waals surface area contributed by atoms with Crippen LogP contribution in [0, 0.1) is 6.92 Å². The summed E-state index contributed by atoms with van der Waals surface area (Å²) in [5.74, 6) is 0.146. The van der Waals surface area contributed by atoms with Gasteiger partial charge in [-0.25, -0.2) is 0 Å². The van der Waals surface area contributed by atoms with Crippen LogP contribution in [-0.2, 0) is 4.79 Å².